The van der Waals surface area contributed by atoms with Crippen LogP contribution >= 0.6 is 23.1 Å². The number of allylic oxidation sites excluding steroid dienone is 1. The molecule has 4 aromatic rings. The van der Waals surface area contributed by atoms with Crippen LogP contribution in [-0.2, 0) is 0 Å². The van der Waals surface area contributed by atoms with E-state index in [-0.39, 0.29) is 22.9 Å². The van der Waals surface area contributed by atoms with Crippen LogP contribution in [0, 0.1) is 17.1 Å². The van der Waals surface area contributed by atoms with Crippen LogP contribution in [0.3, 0.4) is 0 Å². The normalized spacial score (nSPS) is 11.9. The maximum Gasteiger partial charge on any atom is 0.210 e. The van der Waals surface area contributed by atoms with Gasteiger partial charge in [0, 0.05) is 0 Å². The highest BCUT2D eigenvalue weighted by molar-refractivity contribution is 8.01. The van der Waals surface area contributed by atoms with E-state index < -0.39 is 0 Å². The van der Waals surface area contributed by atoms with E-state index in [0.717, 1.165) is 5.52 Å². The van der Waals surface area contributed by atoms with E-state index in [4.69, 9.17) is 0 Å². The number of aliphatic hydroxyl groups excluding tert-OH is 1. The van der Waals surface area contributed by atoms with Crippen molar-refractivity contribution in [3.8, 4) is 6.07 Å². The highest BCUT2D eigenvalue weighted by Gasteiger charge is 2.15. The van der Waals surface area contributed by atoms with Gasteiger partial charge in [-0.15, -0.1) is 10.2 Å². The monoisotopic (exact) mass is 424 g/mol. The summed E-state index contributed by atoms with van der Waals surface area (Å²) in [6.45, 7) is 0. The molecule has 0 radical (unpaired) electrons. The Bertz CT molecular complexity index is 1210. The van der Waals surface area contributed by atoms with Crippen LogP contribution < -0.4 is 5.32 Å². The second kappa shape index (κ2) is 8.30. The van der Waals surface area contributed by atoms with Gasteiger partial charge in [-0.25, -0.2) is 9.37 Å². The van der Waals surface area contributed by atoms with Crippen molar-refractivity contribution in [2.24, 2.45) is 0 Å². The Morgan fingerprint density at radius 3 is 2.79 bits per heavy atom. The summed E-state index contributed by atoms with van der Waals surface area (Å²) in [5.74, 6) is -0.0721. The van der Waals surface area contributed by atoms with Gasteiger partial charge >= 0.3 is 0 Å². The molecule has 2 aromatic carbocycles. The highest BCUT2D eigenvalue weighted by atomic mass is 32.2. The maximum atomic E-state index is 13.7. The van der Waals surface area contributed by atoms with Crippen molar-refractivity contribution < 1.29 is 9.50 Å². The van der Waals surface area contributed by atoms with E-state index in [1.165, 1.54) is 29.2 Å². The molecule has 2 aromatic heterocycles. The van der Waals surface area contributed by atoms with Crippen LogP contribution in [0.5, 0.6) is 0 Å². The number of hydrogen-bond acceptors (Lipinski definition) is 8. The minimum Gasteiger partial charge on any atom is -0.510 e. The number of nitrogens with one attached hydrogen (secondary N) is 2. The fraction of sp³-hybridized carbons (Fsp3) is 0.0526. The van der Waals surface area contributed by atoms with Gasteiger partial charge in [0.25, 0.3) is 0 Å². The summed E-state index contributed by atoms with van der Waals surface area (Å²) in [5.41, 5.74) is 1.87. The van der Waals surface area contributed by atoms with E-state index >= 15 is 0 Å². The Balaban J connectivity index is 1.47. The van der Waals surface area contributed by atoms with Gasteiger partial charge in [0.15, 0.2) is 10.2 Å². The predicted molar refractivity (Wildman–Crippen MR) is 112 cm³/mol. The number of nitrogens with zero attached hydrogens (tertiary/aromatic N) is 4. The van der Waals surface area contributed by atoms with Crippen molar-refractivity contribution in [3.05, 3.63) is 65.9 Å². The van der Waals surface area contributed by atoms with Crippen molar-refractivity contribution in [1.29, 1.82) is 5.26 Å². The lowest BCUT2D eigenvalue weighted by Crippen LogP contribution is -1.95. The molecule has 0 amide bonds. The quantitative estimate of drug-likeness (QED) is 0.230. The van der Waals surface area contributed by atoms with Crippen molar-refractivity contribution in [2.75, 3.05) is 11.1 Å². The topological polar surface area (TPSA) is 111 Å². The third-order valence-electron chi connectivity index (χ3n) is 3.88. The molecule has 10 heteroatoms. The Hall–Kier alpha value is -3.42. The molecule has 0 aliphatic rings. The number of fused-ring (bicyclic) bond motifs is 1. The molecule has 0 bridgehead atoms. The standard InChI is InChI=1S/C19H13FN6OS2/c20-12-5-1-2-6-13(12)24-18-25-26-19(29-18)28-10-16(27)11(9-21)17-22-14-7-3-4-8-15(14)23-17/h1-8,27H,10H2,(H,22,23)(H,24,25). The molecule has 0 spiro atoms. The summed E-state index contributed by atoms with van der Waals surface area (Å²) in [6, 6.07) is 15.6. The number of aromatic nitrogens is 4. The molecular formula is C19H13FN6OS2. The molecule has 0 saturated carbocycles. The fourth-order valence-electron chi connectivity index (χ4n) is 2.52. The third kappa shape index (κ3) is 4.21. The number of nitriles is 1. The van der Waals surface area contributed by atoms with Crippen molar-refractivity contribution in [1.82, 2.24) is 20.2 Å². The number of imidazole rings is 1. The first-order chi connectivity index (χ1) is 14.1. The zero-order valence-corrected chi connectivity index (χ0v) is 16.4. The Morgan fingerprint density at radius 1 is 1.21 bits per heavy atom. The van der Waals surface area contributed by atoms with Crippen molar-refractivity contribution in [3.63, 3.8) is 0 Å². The molecule has 4 rings (SSSR count). The van der Waals surface area contributed by atoms with Crippen LogP contribution in [0.25, 0.3) is 16.6 Å². The van der Waals surface area contributed by atoms with Gasteiger partial charge in [-0.05, 0) is 24.3 Å². The van der Waals surface area contributed by atoms with E-state index in [9.17, 15) is 14.8 Å². The zero-order valence-electron chi connectivity index (χ0n) is 14.8. The van der Waals surface area contributed by atoms with Gasteiger partial charge in [0.1, 0.15) is 23.2 Å². The van der Waals surface area contributed by atoms with E-state index in [1.807, 2.05) is 30.3 Å². The first-order valence-corrected chi connectivity index (χ1v) is 10.2. The van der Waals surface area contributed by atoms with Gasteiger partial charge in [-0.3, -0.25) is 0 Å². The summed E-state index contributed by atoms with van der Waals surface area (Å²) < 4.78 is 14.3. The number of aromatic amines is 1. The number of para-hydroxylation sites is 3. The van der Waals surface area contributed by atoms with E-state index in [2.05, 4.69) is 25.5 Å². The molecule has 2 heterocycles. The predicted octanol–water partition coefficient (Wildman–Crippen LogP) is 4.88. The zero-order chi connectivity index (χ0) is 20.2. The molecule has 3 N–H and O–H groups in total. The molecular weight excluding hydrogens is 411 g/mol. The number of aliphatic hydroxyl groups is 1. The molecule has 0 fully saturated rings. The minimum absolute atomic E-state index is 0.0721. The van der Waals surface area contributed by atoms with Gasteiger partial charge < -0.3 is 15.4 Å². The number of anilines is 2. The van der Waals surface area contributed by atoms with Crippen LogP contribution in [0.2, 0.25) is 0 Å². The molecule has 7 nitrogen and oxygen atoms in total. The highest BCUT2D eigenvalue weighted by Crippen LogP contribution is 2.30. The van der Waals surface area contributed by atoms with E-state index in [0.29, 0.717) is 26.5 Å². The van der Waals surface area contributed by atoms with Crippen LogP contribution in [0.1, 0.15) is 5.82 Å². The first kappa shape index (κ1) is 18.9. The maximum absolute atomic E-state index is 13.7. The third-order valence-corrected chi connectivity index (χ3v) is 5.86. The number of hydrogen-bond donors (Lipinski definition) is 3. The van der Waals surface area contributed by atoms with E-state index in [1.54, 1.807) is 18.2 Å². The van der Waals surface area contributed by atoms with Gasteiger partial charge in [-0.2, -0.15) is 5.26 Å². The van der Waals surface area contributed by atoms with Gasteiger partial charge in [0.05, 0.1) is 22.5 Å². The number of H-pyrrole nitrogens is 1. The average molecular weight is 424 g/mol. The lowest BCUT2D eigenvalue weighted by molar-refractivity contribution is 0.420. The number of halogens is 1. The Morgan fingerprint density at radius 2 is 2.00 bits per heavy atom. The lowest BCUT2D eigenvalue weighted by Gasteiger charge is -2.02. The summed E-state index contributed by atoms with van der Waals surface area (Å²) in [6.07, 6.45) is 0. The summed E-state index contributed by atoms with van der Waals surface area (Å²) in [4.78, 5) is 7.37. The molecule has 0 atom stereocenters. The van der Waals surface area contributed by atoms with Crippen molar-refractivity contribution >= 4 is 50.5 Å². The molecule has 0 unspecified atom stereocenters. The fourth-order valence-corrected chi connectivity index (χ4v) is 4.17. The van der Waals surface area contributed by atoms with Crippen molar-refractivity contribution in [2.45, 2.75) is 4.34 Å². The Kier molecular flexibility index (Phi) is 5.41. The summed E-state index contributed by atoms with van der Waals surface area (Å²) >= 11 is 2.44. The molecule has 0 saturated heterocycles. The molecule has 29 heavy (non-hydrogen) atoms. The number of rotatable bonds is 6. The number of benzene rings is 2. The average Bonchev–Trinajstić information content (AvgIpc) is 3.35. The molecule has 0 aliphatic heterocycles. The van der Waals surface area contributed by atoms with Crippen LogP contribution in [-0.4, -0.2) is 31.0 Å². The van der Waals surface area contributed by atoms with Crippen LogP contribution in [0.15, 0.2) is 58.6 Å². The Labute approximate surface area is 172 Å². The number of thioether (sulfide) groups is 1. The minimum atomic E-state index is -0.387. The van der Waals surface area contributed by atoms with Crippen LogP contribution in [0.4, 0.5) is 15.2 Å². The molecule has 144 valence electrons. The SMILES string of the molecule is N#CC(=C(O)CSc1nnc(Nc2ccccc2F)s1)c1nc2ccccc2[nH]1. The lowest BCUT2D eigenvalue weighted by atomic mass is 10.2. The van der Waals surface area contributed by atoms with Gasteiger partial charge in [-0.1, -0.05) is 47.4 Å². The largest absolute Gasteiger partial charge is 0.510 e. The second-order valence-corrected chi connectivity index (χ2v) is 8.00. The first-order valence-electron chi connectivity index (χ1n) is 8.39. The summed E-state index contributed by atoms with van der Waals surface area (Å²) in [5, 5.41) is 31.1. The smallest absolute Gasteiger partial charge is 0.210 e. The van der Waals surface area contributed by atoms with Gasteiger partial charge in [0.2, 0.25) is 5.13 Å². The summed E-state index contributed by atoms with van der Waals surface area (Å²) in [7, 11) is 0. The second-order valence-electron chi connectivity index (χ2n) is 5.80. The molecule has 0 aliphatic carbocycles.